The van der Waals surface area contributed by atoms with Gasteiger partial charge < -0.3 is 15.2 Å². The fourth-order valence-electron chi connectivity index (χ4n) is 1.48. The Morgan fingerprint density at radius 2 is 1.90 bits per heavy atom. The summed E-state index contributed by atoms with van der Waals surface area (Å²) < 4.78 is 47.7. The number of methoxy groups -OCH3 is 1. The Morgan fingerprint density at radius 3 is 2.40 bits per heavy atom. The van der Waals surface area contributed by atoms with Crippen LogP contribution >= 0.6 is 0 Å². The van der Waals surface area contributed by atoms with Gasteiger partial charge in [-0.25, -0.2) is 4.98 Å². The lowest BCUT2D eigenvalue weighted by molar-refractivity contribution is -0.137. The number of nitrogens with two attached hydrogens (primary N) is 1. The van der Waals surface area contributed by atoms with Gasteiger partial charge in [0.05, 0.1) is 24.6 Å². The van der Waals surface area contributed by atoms with Gasteiger partial charge in [-0.2, -0.15) is 13.2 Å². The summed E-state index contributed by atoms with van der Waals surface area (Å²) in [6.07, 6.45) is -3.01. The van der Waals surface area contributed by atoms with E-state index in [0.29, 0.717) is 5.75 Å². The fourth-order valence-corrected chi connectivity index (χ4v) is 1.48. The van der Waals surface area contributed by atoms with Crippen molar-refractivity contribution in [1.29, 1.82) is 0 Å². The van der Waals surface area contributed by atoms with Gasteiger partial charge in [0.25, 0.3) is 0 Å². The van der Waals surface area contributed by atoms with Crippen LogP contribution in [0.1, 0.15) is 5.56 Å². The van der Waals surface area contributed by atoms with Gasteiger partial charge in [0.15, 0.2) is 5.75 Å². The van der Waals surface area contributed by atoms with Gasteiger partial charge in [0.1, 0.15) is 5.75 Å². The number of aromatic nitrogens is 1. The number of ether oxygens (including phenoxy) is 2. The predicted octanol–water partition coefficient (Wildman–Crippen LogP) is 3.48. The highest BCUT2D eigenvalue weighted by molar-refractivity contribution is 5.55. The van der Waals surface area contributed by atoms with Gasteiger partial charge >= 0.3 is 6.18 Å². The molecule has 1 aromatic heterocycles. The van der Waals surface area contributed by atoms with Crippen molar-refractivity contribution in [3.63, 3.8) is 0 Å². The Bertz CT molecular complexity index is 598. The highest BCUT2D eigenvalue weighted by Crippen LogP contribution is 2.35. The maximum Gasteiger partial charge on any atom is 0.416 e. The summed E-state index contributed by atoms with van der Waals surface area (Å²) in [4.78, 5) is 3.93. The zero-order chi connectivity index (χ0) is 14.8. The molecular weight excluding hydrogens is 273 g/mol. The minimum Gasteiger partial charge on any atom is -0.495 e. The topological polar surface area (TPSA) is 57.4 Å². The van der Waals surface area contributed by atoms with Crippen LogP contribution in [0.25, 0.3) is 0 Å². The van der Waals surface area contributed by atoms with Gasteiger partial charge in [-0.3, -0.25) is 0 Å². The van der Waals surface area contributed by atoms with E-state index in [2.05, 4.69) is 4.98 Å². The van der Waals surface area contributed by atoms with Crippen molar-refractivity contribution >= 4 is 5.69 Å². The molecule has 0 unspecified atom stereocenters. The van der Waals surface area contributed by atoms with Crippen LogP contribution in [0.2, 0.25) is 0 Å². The molecule has 106 valence electrons. The van der Waals surface area contributed by atoms with E-state index in [1.165, 1.54) is 19.4 Å². The van der Waals surface area contributed by atoms with E-state index >= 15 is 0 Å². The van der Waals surface area contributed by atoms with Crippen LogP contribution in [0.5, 0.6) is 17.4 Å². The van der Waals surface area contributed by atoms with Gasteiger partial charge in [-0.1, -0.05) is 0 Å². The molecule has 2 rings (SSSR count). The molecule has 0 bridgehead atoms. The highest BCUT2D eigenvalue weighted by atomic mass is 19.4. The van der Waals surface area contributed by atoms with E-state index in [1.54, 1.807) is 6.07 Å². The third kappa shape index (κ3) is 3.11. The molecule has 0 saturated carbocycles. The predicted molar refractivity (Wildman–Crippen MR) is 66.7 cm³/mol. The molecule has 0 fully saturated rings. The molecule has 1 heterocycles. The molecule has 0 spiro atoms. The zero-order valence-electron chi connectivity index (χ0n) is 10.4. The molecule has 0 saturated heterocycles. The molecule has 0 radical (unpaired) electrons. The number of rotatable bonds is 3. The van der Waals surface area contributed by atoms with E-state index in [-0.39, 0.29) is 17.3 Å². The van der Waals surface area contributed by atoms with Crippen LogP contribution < -0.4 is 15.2 Å². The SMILES string of the molecule is COc1ccc(Oc2ccc(C(F)(F)F)cc2N)nc1. The largest absolute Gasteiger partial charge is 0.495 e. The maximum atomic E-state index is 12.5. The Labute approximate surface area is 113 Å². The smallest absolute Gasteiger partial charge is 0.416 e. The first kappa shape index (κ1) is 14.0. The number of nitrogen functional groups attached to an aromatic ring is 1. The van der Waals surface area contributed by atoms with E-state index in [0.717, 1.165) is 18.2 Å². The molecule has 7 heteroatoms. The van der Waals surface area contributed by atoms with Crippen molar-refractivity contribution in [3.8, 4) is 17.4 Å². The first-order valence-corrected chi connectivity index (χ1v) is 5.55. The summed E-state index contributed by atoms with van der Waals surface area (Å²) >= 11 is 0. The van der Waals surface area contributed by atoms with Crippen LogP contribution in [-0.4, -0.2) is 12.1 Å². The molecule has 4 nitrogen and oxygen atoms in total. The third-order valence-corrected chi connectivity index (χ3v) is 2.50. The molecule has 0 atom stereocenters. The molecule has 0 aliphatic heterocycles. The molecule has 0 aliphatic rings. The number of hydrogen-bond donors (Lipinski definition) is 1. The number of pyridine rings is 1. The number of halogens is 3. The lowest BCUT2D eigenvalue weighted by Gasteiger charge is -2.11. The minimum atomic E-state index is -4.44. The minimum absolute atomic E-state index is 0.107. The third-order valence-electron chi connectivity index (χ3n) is 2.50. The lowest BCUT2D eigenvalue weighted by Crippen LogP contribution is -2.06. The molecule has 1 aromatic carbocycles. The Balaban J connectivity index is 2.21. The van der Waals surface area contributed by atoms with Crippen LogP contribution in [0.4, 0.5) is 18.9 Å². The lowest BCUT2D eigenvalue weighted by atomic mass is 10.2. The van der Waals surface area contributed by atoms with Gasteiger partial charge in [-0.15, -0.1) is 0 Å². The van der Waals surface area contributed by atoms with Crippen LogP contribution in [-0.2, 0) is 6.18 Å². The Morgan fingerprint density at radius 1 is 1.15 bits per heavy atom. The summed E-state index contributed by atoms with van der Waals surface area (Å²) in [7, 11) is 1.49. The summed E-state index contributed by atoms with van der Waals surface area (Å²) in [5, 5.41) is 0. The Hall–Kier alpha value is -2.44. The van der Waals surface area contributed by atoms with E-state index < -0.39 is 11.7 Å². The molecule has 0 aliphatic carbocycles. The molecule has 0 amide bonds. The summed E-state index contributed by atoms with van der Waals surface area (Å²) in [5.41, 5.74) is 4.60. The summed E-state index contributed by atoms with van der Waals surface area (Å²) in [5.74, 6) is 0.852. The quantitative estimate of drug-likeness (QED) is 0.877. The van der Waals surface area contributed by atoms with Crippen LogP contribution in [0.15, 0.2) is 36.5 Å². The second-order valence-corrected chi connectivity index (χ2v) is 3.89. The average Bonchev–Trinajstić information content (AvgIpc) is 2.41. The normalized spacial score (nSPS) is 11.2. The van der Waals surface area contributed by atoms with Crippen LogP contribution in [0, 0.1) is 0 Å². The highest BCUT2D eigenvalue weighted by Gasteiger charge is 2.31. The van der Waals surface area contributed by atoms with Gasteiger partial charge in [-0.05, 0) is 24.3 Å². The van der Waals surface area contributed by atoms with Crippen LogP contribution in [0.3, 0.4) is 0 Å². The number of alkyl halides is 3. The second kappa shape index (κ2) is 5.28. The van der Waals surface area contributed by atoms with Crippen molar-refractivity contribution in [2.45, 2.75) is 6.18 Å². The standard InChI is InChI=1S/C13H11F3N2O2/c1-19-9-3-5-12(18-7-9)20-11-4-2-8(6-10(11)17)13(14,15)16/h2-7H,17H2,1H3. The Kier molecular flexibility index (Phi) is 3.69. The number of benzene rings is 1. The van der Waals surface area contributed by atoms with Crippen molar-refractivity contribution in [2.75, 3.05) is 12.8 Å². The monoisotopic (exact) mass is 284 g/mol. The summed E-state index contributed by atoms with van der Waals surface area (Å²) in [6, 6.07) is 6.01. The van der Waals surface area contributed by atoms with Crippen molar-refractivity contribution in [1.82, 2.24) is 4.98 Å². The molecule has 2 aromatic rings. The number of anilines is 1. The van der Waals surface area contributed by atoms with Crippen molar-refractivity contribution in [3.05, 3.63) is 42.1 Å². The van der Waals surface area contributed by atoms with Gasteiger partial charge in [0, 0.05) is 6.07 Å². The first-order chi connectivity index (χ1) is 9.40. The van der Waals surface area contributed by atoms with Crippen molar-refractivity contribution < 1.29 is 22.6 Å². The average molecular weight is 284 g/mol. The van der Waals surface area contributed by atoms with E-state index in [4.69, 9.17) is 15.2 Å². The number of nitrogens with zero attached hydrogens (tertiary/aromatic N) is 1. The van der Waals surface area contributed by atoms with E-state index in [1.807, 2.05) is 0 Å². The summed E-state index contributed by atoms with van der Waals surface area (Å²) in [6.45, 7) is 0. The molecular formula is C13H11F3N2O2. The van der Waals surface area contributed by atoms with E-state index in [9.17, 15) is 13.2 Å². The molecule has 20 heavy (non-hydrogen) atoms. The molecule has 2 N–H and O–H groups in total. The zero-order valence-corrected chi connectivity index (χ0v) is 10.4. The fraction of sp³-hybridized carbons (Fsp3) is 0.154. The van der Waals surface area contributed by atoms with Crippen molar-refractivity contribution in [2.24, 2.45) is 0 Å². The maximum absolute atomic E-state index is 12.5. The first-order valence-electron chi connectivity index (χ1n) is 5.55. The van der Waals surface area contributed by atoms with Gasteiger partial charge in [0.2, 0.25) is 5.88 Å². The number of hydrogen-bond acceptors (Lipinski definition) is 4. The second-order valence-electron chi connectivity index (χ2n) is 3.89.